The average Bonchev–Trinajstić information content (AvgIpc) is 1.02. The summed E-state index contributed by atoms with van der Waals surface area (Å²) in [5.41, 5.74) is -18.3. The number of carbonyl (C=O) groups excluding carboxylic acids is 8. The zero-order chi connectivity index (χ0) is 90.2. The standard InChI is InChI=1S/C75H52O49/c76-23-1-14(2-24(77)40(23)84)66(102)121-61-59-34-12-112-68(104)17-10-32(47(91)50(94)37(17)36-16(70(106)119-59)5-27(80)42(86)49(36)93)115-57-21(7-29(82)44(88)54(57)98)72(108)124-64-62(122-67(103)15-3-25(78)41(85)26(79)4-15)60-35(118-75(64)111)13-113-69(105)18-9-31(114-56-20(65(100)101)6-28(81)43(87)53(56)97)46(90)51(95)38(18)39-19(71(107)120-60)11-33(48(92)52(39)96)116-58-22(8-30(83)45(89)55(58)99)73(109)123-63(61)74(110)117-34/h1-11,34-35,59-64,74-99,110-111H,12-13H2,(H,100,101). The minimum atomic E-state index is -3.04. The number of benzene rings is 9. The van der Waals surface area contributed by atoms with E-state index in [0.717, 1.165) is 0 Å². The smallest absolute Gasteiger partial charge is 0.342 e. The molecule has 0 radical (unpaired) electrons. The van der Waals surface area contributed by atoms with Crippen molar-refractivity contribution in [2.24, 2.45) is 0 Å². The molecule has 9 bridgehead atoms. The number of phenols is 24. The third kappa shape index (κ3) is 13.9. The SMILES string of the molecule is O=C(OC1C2OC(=O)c3cc(O)c(O)c(O)c3Oc3cc4c(c(O)c3O)-c3c(cc(Oc5c(C(=O)O)cc(O)c(O)c5O)c(O)c3O)C(=O)OCC3OC(O)C(OC(=O)c5cc(O)c(O)c(O)c5Oc5cc6c(c(O)c5O)-c5c(cc(O)c(O)c5O)C(=O)OC1C(COC6=O)OC2O)C(OC(=O)c1cc(O)c(O)c(O)c1)C3OC4=O)c1cc(O)c(O)c(O)c1. The van der Waals surface area contributed by atoms with Gasteiger partial charge in [-0.1, -0.05) is 0 Å². The Bertz CT molecular complexity index is 6160. The number of esters is 8. The number of aromatic carboxylic acids is 1. The maximum Gasteiger partial charge on any atom is 0.342 e. The molecule has 124 heavy (non-hydrogen) atoms. The number of carboxylic acids is 1. The van der Waals surface area contributed by atoms with Crippen molar-refractivity contribution in [1.82, 2.24) is 0 Å². The Balaban J connectivity index is 1.03. The summed E-state index contributed by atoms with van der Waals surface area (Å²) in [6.07, 6.45) is -28.6. The molecule has 6 heterocycles. The van der Waals surface area contributed by atoms with Crippen molar-refractivity contribution in [3.05, 3.63) is 117 Å². The first-order valence-electron chi connectivity index (χ1n) is 34.3. The van der Waals surface area contributed by atoms with Gasteiger partial charge >= 0.3 is 53.7 Å². The molecule has 6 aliphatic heterocycles. The van der Waals surface area contributed by atoms with Gasteiger partial charge in [-0.15, -0.1) is 0 Å². The second-order valence-corrected chi connectivity index (χ2v) is 26.8. The van der Waals surface area contributed by atoms with E-state index in [1.807, 2.05) is 0 Å². The average molecular weight is 1740 g/mol. The van der Waals surface area contributed by atoms with Gasteiger partial charge in [-0.25, -0.2) is 43.2 Å². The summed E-state index contributed by atoms with van der Waals surface area (Å²) in [7, 11) is 0. The minimum Gasteiger partial charge on any atom is -0.504 e. The van der Waals surface area contributed by atoms with Crippen molar-refractivity contribution in [3.8, 4) is 195 Å². The van der Waals surface area contributed by atoms with Crippen LogP contribution >= 0.6 is 0 Å². The molecule has 27 N–H and O–H groups in total. The molecule has 646 valence electrons. The number of carbonyl (C=O) groups is 9. The molecule has 6 aliphatic rings. The molecule has 10 atom stereocenters. The Kier molecular flexibility index (Phi) is 20.5. The summed E-state index contributed by atoms with van der Waals surface area (Å²) < 4.78 is 73.3. The molecule has 2 saturated heterocycles. The van der Waals surface area contributed by atoms with Gasteiger partial charge in [-0.05, 0) is 30.3 Å². The van der Waals surface area contributed by atoms with Crippen LogP contribution in [0.1, 0.15) is 93.2 Å². The molecule has 0 spiro atoms. The van der Waals surface area contributed by atoms with Crippen LogP contribution in [0.5, 0.6) is 172 Å². The molecule has 15 rings (SSSR count). The maximum atomic E-state index is 15.9. The summed E-state index contributed by atoms with van der Waals surface area (Å²) in [6, 6.07) is 2.76. The lowest BCUT2D eigenvalue weighted by molar-refractivity contribution is -0.284. The number of carboxylic acid groups (broad SMARTS) is 1. The Labute approximate surface area is 680 Å². The summed E-state index contributed by atoms with van der Waals surface area (Å²) in [4.78, 5) is 133. The summed E-state index contributed by atoms with van der Waals surface area (Å²) in [6.45, 7) is -3.18. The van der Waals surface area contributed by atoms with Crippen molar-refractivity contribution in [3.63, 3.8) is 0 Å². The lowest BCUT2D eigenvalue weighted by atomic mass is 9.91. The van der Waals surface area contributed by atoms with Gasteiger partial charge in [0, 0.05) is 58.7 Å². The second-order valence-electron chi connectivity index (χ2n) is 26.8. The summed E-state index contributed by atoms with van der Waals surface area (Å²) in [5.74, 6) is -67.0. The normalized spacial score (nSPS) is 20.4. The predicted octanol–water partition coefficient (Wildman–Crippen LogP) is 3.07. The number of rotatable bonds is 7. The van der Waals surface area contributed by atoms with Crippen LogP contribution in [0.15, 0.2) is 66.7 Å². The van der Waals surface area contributed by atoms with E-state index in [0.29, 0.717) is 24.3 Å². The first-order valence-corrected chi connectivity index (χ1v) is 34.3. The predicted molar refractivity (Wildman–Crippen MR) is 381 cm³/mol. The van der Waals surface area contributed by atoms with Crippen LogP contribution in [-0.2, 0) is 47.4 Å². The third-order valence-corrected chi connectivity index (χ3v) is 19.3. The van der Waals surface area contributed by atoms with E-state index in [2.05, 4.69) is 0 Å². The highest BCUT2D eigenvalue weighted by atomic mass is 16.7. The molecule has 0 amide bonds. The lowest BCUT2D eigenvalue weighted by Gasteiger charge is -2.42. The van der Waals surface area contributed by atoms with Crippen LogP contribution in [0.3, 0.4) is 0 Å². The maximum absolute atomic E-state index is 15.9. The highest BCUT2D eigenvalue weighted by Gasteiger charge is 2.57. The molecule has 49 nitrogen and oxygen atoms in total. The van der Waals surface area contributed by atoms with E-state index in [-0.39, 0.29) is 42.5 Å². The topological polar surface area (TPSA) is 820 Å². The van der Waals surface area contributed by atoms with Gasteiger partial charge in [0.05, 0.1) is 33.4 Å². The van der Waals surface area contributed by atoms with Crippen molar-refractivity contribution >= 4 is 53.7 Å². The zero-order valence-electron chi connectivity index (χ0n) is 60.6. The fourth-order valence-electron chi connectivity index (χ4n) is 13.3. The van der Waals surface area contributed by atoms with E-state index in [9.17, 15) is 157 Å². The van der Waals surface area contributed by atoms with Crippen molar-refractivity contribution in [2.75, 3.05) is 13.2 Å². The van der Waals surface area contributed by atoms with Gasteiger partial charge in [0.25, 0.3) is 0 Å². The van der Waals surface area contributed by atoms with Gasteiger partial charge < -0.3 is 199 Å². The Morgan fingerprint density at radius 2 is 0.621 bits per heavy atom. The number of ether oxygens (including phenoxy) is 13. The number of cyclic esters (lactones) is 1. The molecule has 2 fully saturated rings. The summed E-state index contributed by atoms with van der Waals surface area (Å²) in [5, 5.41) is 303. The minimum absolute atomic E-state index is 0.0900. The highest BCUT2D eigenvalue weighted by molar-refractivity contribution is 6.11. The van der Waals surface area contributed by atoms with Crippen molar-refractivity contribution in [2.45, 2.75) is 61.4 Å². The van der Waals surface area contributed by atoms with Crippen LogP contribution < -0.4 is 14.2 Å². The Morgan fingerprint density at radius 1 is 0.315 bits per heavy atom. The molecule has 10 unspecified atom stereocenters. The van der Waals surface area contributed by atoms with Crippen LogP contribution in [0.4, 0.5) is 0 Å². The number of phenolic OH excluding ortho intramolecular Hbond substituents is 24. The van der Waals surface area contributed by atoms with Gasteiger partial charge in [0.15, 0.2) is 164 Å². The fraction of sp³-hybridized carbons (Fsp3) is 0.160. The number of aliphatic hydroxyl groups excluding tert-OH is 2. The molecule has 0 aromatic heterocycles. The molecular formula is C75H52O49. The lowest BCUT2D eigenvalue weighted by Crippen LogP contribution is -2.62. The Morgan fingerprint density at radius 3 is 1.02 bits per heavy atom. The van der Waals surface area contributed by atoms with E-state index in [4.69, 9.17) is 61.6 Å². The number of aromatic hydroxyl groups is 24. The monoisotopic (exact) mass is 1740 g/mol. The van der Waals surface area contributed by atoms with Gasteiger partial charge in [0.2, 0.25) is 57.5 Å². The van der Waals surface area contributed by atoms with E-state index < -0.39 is 373 Å². The summed E-state index contributed by atoms with van der Waals surface area (Å²) >= 11 is 0. The van der Waals surface area contributed by atoms with E-state index in [1.54, 1.807) is 0 Å². The van der Waals surface area contributed by atoms with Gasteiger partial charge in [-0.2, -0.15) is 0 Å². The highest BCUT2D eigenvalue weighted by Crippen LogP contribution is 2.60. The third-order valence-electron chi connectivity index (χ3n) is 19.3. The largest absolute Gasteiger partial charge is 0.504 e. The number of hydrogen-bond donors (Lipinski definition) is 27. The van der Waals surface area contributed by atoms with Crippen molar-refractivity contribution < 1.29 is 243 Å². The fourth-order valence-corrected chi connectivity index (χ4v) is 13.3. The Hall–Kier alpha value is -17.3. The van der Waals surface area contributed by atoms with Crippen LogP contribution in [0, 0.1) is 0 Å². The van der Waals surface area contributed by atoms with E-state index >= 15 is 24.0 Å². The van der Waals surface area contributed by atoms with Gasteiger partial charge in [0.1, 0.15) is 42.1 Å². The number of hydrogen-bond acceptors (Lipinski definition) is 48. The molecule has 0 saturated carbocycles. The molecule has 9 aromatic carbocycles. The zero-order valence-corrected chi connectivity index (χ0v) is 60.6. The molecule has 9 aromatic rings. The molecular weight excluding hydrogens is 1680 g/mol. The first kappa shape index (κ1) is 83.2. The van der Waals surface area contributed by atoms with E-state index in [1.165, 1.54) is 0 Å². The van der Waals surface area contributed by atoms with Crippen LogP contribution in [0.25, 0.3) is 22.3 Å². The first-order chi connectivity index (χ1) is 58.4. The number of fused-ring (bicyclic) bond motifs is 7. The number of aliphatic hydroxyl groups is 2. The van der Waals surface area contributed by atoms with Crippen LogP contribution in [0.2, 0.25) is 0 Å². The quantitative estimate of drug-likeness (QED) is 0.0619. The van der Waals surface area contributed by atoms with Crippen LogP contribution in [-0.4, -0.2) is 266 Å². The second kappa shape index (κ2) is 30.5. The van der Waals surface area contributed by atoms with Crippen molar-refractivity contribution in [1.29, 1.82) is 0 Å². The molecule has 49 heteroatoms. The molecule has 0 aliphatic carbocycles. The van der Waals surface area contributed by atoms with Gasteiger partial charge in [-0.3, -0.25) is 0 Å².